The quantitative estimate of drug-likeness (QED) is 0.339. The topological polar surface area (TPSA) is 122 Å². The highest BCUT2D eigenvalue weighted by Gasteiger charge is 2.12. The van der Waals surface area contributed by atoms with Crippen LogP contribution in [0.2, 0.25) is 0 Å². The van der Waals surface area contributed by atoms with Gasteiger partial charge in [-0.1, -0.05) is 6.07 Å². The number of amides is 1. The van der Waals surface area contributed by atoms with Crippen LogP contribution in [0.1, 0.15) is 22.3 Å². The lowest BCUT2D eigenvalue weighted by Gasteiger charge is -2.12. The maximum Gasteiger partial charge on any atom is 0.262 e. The fraction of sp³-hybridized carbons (Fsp3) is 0.286. The molecule has 170 valence electrons. The fourth-order valence-corrected chi connectivity index (χ4v) is 4.08. The molecule has 1 aromatic heterocycles. The number of anilines is 2. The Kier molecular flexibility index (Phi) is 7.12. The summed E-state index contributed by atoms with van der Waals surface area (Å²) in [6, 6.07) is 9.61. The third-order valence-corrected chi connectivity index (χ3v) is 5.68. The van der Waals surface area contributed by atoms with Gasteiger partial charge in [-0.3, -0.25) is 18.9 Å². The van der Waals surface area contributed by atoms with E-state index in [9.17, 15) is 18.0 Å². The SMILES string of the molecule is COCCCn1c(=S)[nH]c2cc(C(=O)Nc3ccc(C)c(NS(C)(=O)=O)c3)ccc2c1=O. The molecule has 2 aromatic carbocycles. The molecule has 32 heavy (non-hydrogen) atoms. The molecule has 1 heterocycles. The number of H-pyrrole nitrogens is 1. The van der Waals surface area contributed by atoms with Crippen molar-refractivity contribution in [1.82, 2.24) is 9.55 Å². The number of nitrogens with zero attached hydrogens (tertiary/aromatic N) is 1. The van der Waals surface area contributed by atoms with Crippen LogP contribution in [-0.2, 0) is 21.3 Å². The minimum atomic E-state index is -3.46. The molecule has 3 rings (SSSR count). The number of carbonyl (C=O) groups excluding carboxylic acids is 1. The average molecular weight is 477 g/mol. The third-order valence-electron chi connectivity index (χ3n) is 4.77. The largest absolute Gasteiger partial charge is 0.385 e. The summed E-state index contributed by atoms with van der Waals surface area (Å²) in [5.41, 5.74) is 2.06. The van der Waals surface area contributed by atoms with E-state index in [1.165, 1.54) is 4.57 Å². The van der Waals surface area contributed by atoms with Crippen molar-refractivity contribution in [2.45, 2.75) is 19.9 Å². The van der Waals surface area contributed by atoms with Crippen molar-refractivity contribution < 1.29 is 17.9 Å². The first-order valence-electron chi connectivity index (χ1n) is 9.74. The Morgan fingerprint density at radius 1 is 1.22 bits per heavy atom. The van der Waals surface area contributed by atoms with E-state index < -0.39 is 15.9 Å². The van der Waals surface area contributed by atoms with E-state index in [2.05, 4.69) is 15.0 Å². The molecular weight excluding hydrogens is 452 g/mol. The molecule has 0 saturated carbocycles. The van der Waals surface area contributed by atoms with Gasteiger partial charge in [0, 0.05) is 31.5 Å². The normalized spacial score (nSPS) is 11.5. The van der Waals surface area contributed by atoms with E-state index in [0.29, 0.717) is 53.0 Å². The molecule has 0 unspecified atom stereocenters. The van der Waals surface area contributed by atoms with Crippen molar-refractivity contribution >= 4 is 50.4 Å². The summed E-state index contributed by atoms with van der Waals surface area (Å²) < 4.78 is 32.3. The van der Waals surface area contributed by atoms with Crippen LogP contribution in [-0.4, -0.2) is 43.8 Å². The second-order valence-electron chi connectivity index (χ2n) is 7.35. The van der Waals surface area contributed by atoms with Crippen LogP contribution < -0.4 is 15.6 Å². The number of aromatic amines is 1. The highest BCUT2D eigenvalue weighted by atomic mass is 32.2. The maximum absolute atomic E-state index is 12.8. The number of hydrogen-bond donors (Lipinski definition) is 3. The van der Waals surface area contributed by atoms with Crippen molar-refractivity contribution in [3.05, 3.63) is 62.6 Å². The lowest BCUT2D eigenvalue weighted by atomic mass is 10.1. The van der Waals surface area contributed by atoms with E-state index in [1.807, 2.05) is 0 Å². The summed E-state index contributed by atoms with van der Waals surface area (Å²) in [7, 11) is -1.86. The molecule has 3 N–H and O–H groups in total. The summed E-state index contributed by atoms with van der Waals surface area (Å²) >= 11 is 5.31. The van der Waals surface area contributed by atoms with Gasteiger partial charge in [0.15, 0.2) is 4.77 Å². The number of sulfonamides is 1. The van der Waals surface area contributed by atoms with Crippen LogP contribution in [0.5, 0.6) is 0 Å². The number of carbonyl (C=O) groups is 1. The molecule has 0 saturated heterocycles. The molecule has 9 nitrogen and oxygen atoms in total. The molecule has 0 aliphatic carbocycles. The molecule has 0 aliphatic heterocycles. The van der Waals surface area contributed by atoms with Crippen molar-refractivity contribution in [2.75, 3.05) is 30.0 Å². The summed E-state index contributed by atoms with van der Waals surface area (Å²) in [6.45, 7) is 2.70. The van der Waals surface area contributed by atoms with Crippen LogP contribution in [0.25, 0.3) is 10.9 Å². The number of aryl methyl sites for hydroxylation is 1. The molecule has 11 heteroatoms. The summed E-state index contributed by atoms with van der Waals surface area (Å²) in [5.74, 6) is -0.412. The number of ether oxygens (including phenoxy) is 1. The Balaban J connectivity index is 1.88. The van der Waals surface area contributed by atoms with Gasteiger partial charge in [0.25, 0.3) is 11.5 Å². The van der Waals surface area contributed by atoms with E-state index in [0.717, 1.165) is 6.26 Å². The van der Waals surface area contributed by atoms with E-state index in [-0.39, 0.29) is 10.3 Å². The maximum atomic E-state index is 12.8. The van der Waals surface area contributed by atoms with Crippen LogP contribution in [0.4, 0.5) is 11.4 Å². The van der Waals surface area contributed by atoms with Crippen LogP contribution in [0.15, 0.2) is 41.2 Å². The first kappa shape index (κ1) is 23.6. The first-order valence-corrected chi connectivity index (χ1v) is 12.0. The lowest BCUT2D eigenvalue weighted by molar-refractivity contribution is 0.102. The molecule has 0 aliphatic rings. The van der Waals surface area contributed by atoms with Gasteiger partial charge < -0.3 is 15.0 Å². The molecule has 0 spiro atoms. The van der Waals surface area contributed by atoms with Crippen molar-refractivity contribution in [1.29, 1.82) is 0 Å². The molecule has 0 radical (unpaired) electrons. The second-order valence-corrected chi connectivity index (χ2v) is 9.49. The summed E-state index contributed by atoms with van der Waals surface area (Å²) in [6.07, 6.45) is 1.70. The third kappa shape index (κ3) is 5.61. The van der Waals surface area contributed by atoms with Gasteiger partial charge in [0.05, 0.1) is 22.8 Å². The molecule has 0 fully saturated rings. The van der Waals surface area contributed by atoms with Crippen molar-refractivity contribution in [3.63, 3.8) is 0 Å². The molecule has 3 aromatic rings. The molecule has 1 amide bonds. The second kappa shape index (κ2) is 9.63. The highest BCUT2D eigenvalue weighted by molar-refractivity contribution is 7.92. The van der Waals surface area contributed by atoms with Gasteiger partial charge in [-0.15, -0.1) is 0 Å². The molecular formula is C21H24N4O5S2. The van der Waals surface area contributed by atoms with Gasteiger partial charge in [0.2, 0.25) is 10.0 Å². The van der Waals surface area contributed by atoms with E-state index in [1.54, 1.807) is 50.4 Å². The zero-order valence-corrected chi connectivity index (χ0v) is 19.5. The zero-order valence-electron chi connectivity index (χ0n) is 17.9. The van der Waals surface area contributed by atoms with Crippen LogP contribution >= 0.6 is 12.2 Å². The summed E-state index contributed by atoms with van der Waals surface area (Å²) in [5, 5.41) is 3.16. The Labute approximate surface area is 190 Å². The number of nitrogens with one attached hydrogen (secondary N) is 3. The monoisotopic (exact) mass is 476 g/mol. The lowest BCUT2D eigenvalue weighted by Crippen LogP contribution is -2.23. The number of benzene rings is 2. The number of fused-ring (bicyclic) bond motifs is 1. The summed E-state index contributed by atoms with van der Waals surface area (Å²) in [4.78, 5) is 28.5. The number of aromatic nitrogens is 2. The Morgan fingerprint density at radius 3 is 2.66 bits per heavy atom. The van der Waals surface area contributed by atoms with Crippen molar-refractivity contribution in [3.8, 4) is 0 Å². The highest BCUT2D eigenvalue weighted by Crippen LogP contribution is 2.22. The van der Waals surface area contributed by atoms with Gasteiger partial charge in [0.1, 0.15) is 0 Å². The van der Waals surface area contributed by atoms with Gasteiger partial charge in [-0.2, -0.15) is 0 Å². The van der Waals surface area contributed by atoms with Gasteiger partial charge in [-0.05, 0) is 61.5 Å². The number of hydrogen-bond acceptors (Lipinski definition) is 6. The van der Waals surface area contributed by atoms with E-state index >= 15 is 0 Å². The van der Waals surface area contributed by atoms with Gasteiger partial charge >= 0.3 is 0 Å². The Morgan fingerprint density at radius 2 is 1.97 bits per heavy atom. The zero-order chi connectivity index (χ0) is 23.5. The minimum absolute atomic E-state index is 0.234. The molecule has 0 atom stereocenters. The van der Waals surface area contributed by atoms with Crippen molar-refractivity contribution in [2.24, 2.45) is 0 Å². The Bertz CT molecular complexity index is 1390. The molecule has 0 bridgehead atoms. The smallest absolute Gasteiger partial charge is 0.262 e. The number of rotatable bonds is 8. The van der Waals surface area contributed by atoms with Gasteiger partial charge in [-0.25, -0.2) is 8.42 Å². The predicted molar refractivity (Wildman–Crippen MR) is 127 cm³/mol. The Hall–Kier alpha value is -3.02. The average Bonchev–Trinajstić information content (AvgIpc) is 2.71. The standard InChI is InChI=1S/C21H24N4O5S2/c1-13-5-7-15(12-17(13)24-32(3,28)29)22-19(26)14-6-8-16-18(11-14)23-21(31)25(20(16)27)9-4-10-30-2/h5-8,11-12,24H,4,9-10H2,1-3H3,(H,22,26)(H,23,31). The van der Waals surface area contributed by atoms with Crippen LogP contribution in [0, 0.1) is 11.7 Å². The number of methoxy groups -OCH3 is 1. The predicted octanol–water partition coefficient (Wildman–Crippen LogP) is 3.03. The minimum Gasteiger partial charge on any atom is -0.385 e. The van der Waals surface area contributed by atoms with Crippen LogP contribution in [0.3, 0.4) is 0 Å². The fourth-order valence-electron chi connectivity index (χ4n) is 3.18. The first-order chi connectivity index (χ1) is 15.1. The van der Waals surface area contributed by atoms with E-state index in [4.69, 9.17) is 17.0 Å².